The Balaban J connectivity index is 2.43. The third-order valence-electron chi connectivity index (χ3n) is 5.18. The molecule has 0 amide bonds. The molecule has 2 atom stereocenters. The van der Waals surface area contributed by atoms with Gasteiger partial charge in [-0.2, -0.15) is 0 Å². The predicted octanol–water partition coefficient (Wildman–Crippen LogP) is 3.50. The van der Waals surface area contributed by atoms with E-state index in [0.29, 0.717) is 25.7 Å². The average molecular weight is 367 g/mol. The van der Waals surface area contributed by atoms with Crippen molar-refractivity contribution in [3.63, 3.8) is 0 Å². The summed E-state index contributed by atoms with van der Waals surface area (Å²) in [4.78, 5) is 0. The Hall–Kier alpha value is -0.940. The normalized spacial score (nSPS) is 15.1. The molecule has 0 bridgehead atoms. The minimum atomic E-state index is -0.395. The molecule has 0 saturated carbocycles. The van der Waals surface area contributed by atoms with Crippen LogP contribution in [0.1, 0.15) is 64.5 Å². The van der Waals surface area contributed by atoms with Gasteiger partial charge in [-0.3, -0.25) is 0 Å². The summed E-state index contributed by atoms with van der Waals surface area (Å²) in [5, 5.41) is 29.7. The van der Waals surface area contributed by atoms with E-state index in [9.17, 15) is 15.3 Å². The standard InChI is InChI=1S/C22H38O4/c1-21(2,16-23)12-10-19(24)14-17-6-8-18(9-7-17)15-20(25)11-13-22(3,4)26-5/h6-9,19-20,23-25H,10-16H2,1-5H3. The summed E-state index contributed by atoms with van der Waals surface area (Å²) in [5.74, 6) is 0. The van der Waals surface area contributed by atoms with Crippen LogP contribution in [0, 0.1) is 5.41 Å². The maximum Gasteiger partial charge on any atom is 0.0623 e. The van der Waals surface area contributed by atoms with Crippen molar-refractivity contribution in [2.45, 2.75) is 84.0 Å². The highest BCUT2D eigenvalue weighted by atomic mass is 16.5. The third-order valence-corrected chi connectivity index (χ3v) is 5.18. The smallest absolute Gasteiger partial charge is 0.0623 e. The molecule has 1 rings (SSSR count). The number of aliphatic hydroxyl groups excluding tert-OH is 3. The van der Waals surface area contributed by atoms with Crippen molar-refractivity contribution in [1.82, 2.24) is 0 Å². The van der Waals surface area contributed by atoms with Crippen LogP contribution in [0.4, 0.5) is 0 Å². The van der Waals surface area contributed by atoms with Gasteiger partial charge in [-0.15, -0.1) is 0 Å². The van der Waals surface area contributed by atoms with Gasteiger partial charge in [-0.25, -0.2) is 0 Å². The topological polar surface area (TPSA) is 69.9 Å². The Morgan fingerprint density at radius 1 is 0.846 bits per heavy atom. The largest absolute Gasteiger partial charge is 0.396 e. The number of ether oxygens (including phenoxy) is 1. The first-order chi connectivity index (χ1) is 12.1. The van der Waals surface area contributed by atoms with Crippen LogP contribution in [0.25, 0.3) is 0 Å². The van der Waals surface area contributed by atoms with Gasteiger partial charge in [0.2, 0.25) is 0 Å². The van der Waals surface area contributed by atoms with Crippen LogP contribution in [-0.4, -0.2) is 46.8 Å². The van der Waals surface area contributed by atoms with E-state index in [1.807, 2.05) is 52.0 Å². The molecule has 0 heterocycles. The molecule has 4 heteroatoms. The Kier molecular flexibility index (Phi) is 9.25. The van der Waals surface area contributed by atoms with Crippen molar-refractivity contribution >= 4 is 0 Å². The van der Waals surface area contributed by atoms with Crippen LogP contribution >= 0.6 is 0 Å². The number of methoxy groups -OCH3 is 1. The first-order valence-electron chi connectivity index (χ1n) is 9.67. The lowest BCUT2D eigenvalue weighted by Gasteiger charge is -2.24. The number of rotatable bonds is 12. The van der Waals surface area contributed by atoms with E-state index < -0.39 is 6.10 Å². The van der Waals surface area contributed by atoms with Gasteiger partial charge in [-0.1, -0.05) is 38.1 Å². The summed E-state index contributed by atoms with van der Waals surface area (Å²) in [5.41, 5.74) is 1.86. The van der Waals surface area contributed by atoms with E-state index in [0.717, 1.165) is 24.0 Å². The van der Waals surface area contributed by atoms with E-state index in [1.54, 1.807) is 7.11 Å². The second-order valence-electron chi connectivity index (χ2n) is 8.90. The molecular formula is C22H38O4. The molecule has 0 aliphatic heterocycles. The molecule has 2 unspecified atom stereocenters. The molecule has 0 radical (unpaired) electrons. The highest BCUT2D eigenvalue weighted by Gasteiger charge is 2.19. The van der Waals surface area contributed by atoms with Gasteiger partial charge in [0.05, 0.1) is 17.8 Å². The molecule has 26 heavy (non-hydrogen) atoms. The summed E-state index contributed by atoms with van der Waals surface area (Å²) in [6.07, 6.45) is 3.49. The molecule has 0 spiro atoms. The quantitative estimate of drug-likeness (QED) is 0.529. The highest BCUT2D eigenvalue weighted by molar-refractivity contribution is 5.23. The second kappa shape index (κ2) is 10.4. The van der Waals surface area contributed by atoms with Crippen LogP contribution < -0.4 is 0 Å². The minimum Gasteiger partial charge on any atom is -0.396 e. The van der Waals surface area contributed by atoms with Crippen LogP contribution in [-0.2, 0) is 17.6 Å². The molecule has 3 N–H and O–H groups in total. The van der Waals surface area contributed by atoms with E-state index in [4.69, 9.17) is 4.74 Å². The van der Waals surface area contributed by atoms with Crippen molar-refractivity contribution in [1.29, 1.82) is 0 Å². The lowest BCUT2D eigenvalue weighted by molar-refractivity contribution is 0.00306. The molecule has 1 aromatic rings. The molecule has 1 aromatic carbocycles. The first kappa shape index (κ1) is 23.1. The highest BCUT2D eigenvalue weighted by Crippen LogP contribution is 2.23. The summed E-state index contributed by atoms with van der Waals surface area (Å²) < 4.78 is 5.39. The second-order valence-corrected chi connectivity index (χ2v) is 8.90. The molecule has 4 nitrogen and oxygen atoms in total. The molecular weight excluding hydrogens is 328 g/mol. The van der Waals surface area contributed by atoms with Gasteiger partial charge in [0.25, 0.3) is 0 Å². The predicted molar refractivity (Wildman–Crippen MR) is 106 cm³/mol. The summed E-state index contributed by atoms with van der Waals surface area (Å²) in [7, 11) is 1.70. The van der Waals surface area contributed by atoms with Crippen molar-refractivity contribution in [3.8, 4) is 0 Å². The molecule has 0 aromatic heterocycles. The number of aliphatic hydroxyl groups is 3. The lowest BCUT2D eigenvalue weighted by atomic mass is 9.87. The third kappa shape index (κ3) is 9.13. The molecule has 0 fully saturated rings. The van der Waals surface area contributed by atoms with E-state index >= 15 is 0 Å². The molecule has 0 saturated heterocycles. The van der Waals surface area contributed by atoms with E-state index in [-0.39, 0.29) is 23.7 Å². The fourth-order valence-corrected chi connectivity index (χ4v) is 2.81. The maximum atomic E-state index is 10.2. The summed E-state index contributed by atoms with van der Waals surface area (Å²) in [6, 6.07) is 8.12. The Bertz CT molecular complexity index is 460. The maximum absolute atomic E-state index is 10.2. The van der Waals surface area contributed by atoms with Crippen LogP contribution in [0.2, 0.25) is 0 Å². The van der Waals surface area contributed by atoms with Crippen LogP contribution in [0.15, 0.2) is 24.3 Å². The van der Waals surface area contributed by atoms with Gasteiger partial charge in [0.15, 0.2) is 0 Å². The molecule has 150 valence electrons. The first-order valence-corrected chi connectivity index (χ1v) is 9.67. The fraction of sp³-hybridized carbons (Fsp3) is 0.727. The molecule has 0 aliphatic carbocycles. The van der Waals surface area contributed by atoms with Gasteiger partial charge in [0, 0.05) is 13.7 Å². The van der Waals surface area contributed by atoms with Gasteiger partial charge in [-0.05, 0) is 68.9 Å². The number of benzene rings is 1. The van der Waals surface area contributed by atoms with Crippen LogP contribution in [0.3, 0.4) is 0 Å². The van der Waals surface area contributed by atoms with Crippen molar-refractivity contribution in [2.24, 2.45) is 5.41 Å². The zero-order valence-corrected chi connectivity index (χ0v) is 17.2. The minimum absolute atomic E-state index is 0.137. The fourth-order valence-electron chi connectivity index (χ4n) is 2.81. The monoisotopic (exact) mass is 366 g/mol. The SMILES string of the molecule is COC(C)(C)CCC(O)Cc1ccc(CC(O)CCC(C)(C)CO)cc1. The summed E-state index contributed by atoms with van der Waals surface area (Å²) in [6.45, 7) is 8.21. The summed E-state index contributed by atoms with van der Waals surface area (Å²) >= 11 is 0. The zero-order chi connectivity index (χ0) is 19.8. The van der Waals surface area contributed by atoms with Gasteiger partial charge in [0.1, 0.15) is 0 Å². The Labute approximate surface area is 159 Å². The van der Waals surface area contributed by atoms with Crippen LogP contribution in [0.5, 0.6) is 0 Å². The number of hydrogen-bond donors (Lipinski definition) is 3. The van der Waals surface area contributed by atoms with E-state index in [2.05, 4.69) is 0 Å². The van der Waals surface area contributed by atoms with Gasteiger partial charge < -0.3 is 20.1 Å². The molecule has 0 aliphatic rings. The number of hydrogen-bond acceptors (Lipinski definition) is 4. The van der Waals surface area contributed by atoms with Gasteiger partial charge >= 0.3 is 0 Å². The average Bonchev–Trinajstić information content (AvgIpc) is 2.60. The lowest BCUT2D eigenvalue weighted by Crippen LogP contribution is -2.25. The zero-order valence-electron chi connectivity index (χ0n) is 17.2. The Morgan fingerprint density at radius 3 is 1.65 bits per heavy atom. The Morgan fingerprint density at radius 2 is 1.27 bits per heavy atom. The van der Waals surface area contributed by atoms with Crippen molar-refractivity contribution in [2.75, 3.05) is 13.7 Å². The van der Waals surface area contributed by atoms with E-state index in [1.165, 1.54) is 0 Å². The van der Waals surface area contributed by atoms with Crippen molar-refractivity contribution < 1.29 is 20.1 Å². The van der Waals surface area contributed by atoms with Crippen molar-refractivity contribution in [3.05, 3.63) is 35.4 Å².